The molecule has 0 bridgehead atoms. The van der Waals surface area contributed by atoms with Gasteiger partial charge in [-0.3, -0.25) is 4.68 Å². The summed E-state index contributed by atoms with van der Waals surface area (Å²) in [5.41, 5.74) is 1.38. The number of aromatic nitrogens is 2. The van der Waals surface area contributed by atoms with Crippen LogP contribution < -0.4 is 10.1 Å². The molecule has 0 amide bonds. The van der Waals surface area contributed by atoms with Crippen molar-refractivity contribution >= 4 is 0 Å². The first kappa shape index (κ1) is 15.0. The lowest BCUT2D eigenvalue weighted by Gasteiger charge is -2.22. The van der Waals surface area contributed by atoms with Crippen molar-refractivity contribution in [3.63, 3.8) is 0 Å². The molecule has 0 saturated carbocycles. The average Bonchev–Trinajstić information content (AvgIpc) is 2.69. The number of hydrogen-bond acceptors (Lipinski definition) is 3. The van der Waals surface area contributed by atoms with Crippen LogP contribution in [0.15, 0.2) is 6.20 Å². The van der Waals surface area contributed by atoms with Crippen molar-refractivity contribution in [2.75, 3.05) is 13.7 Å². The number of nitrogens with zero attached hydrogens (tertiary/aromatic N) is 2. The van der Waals surface area contributed by atoms with Gasteiger partial charge in [0.2, 0.25) is 0 Å². The van der Waals surface area contributed by atoms with Crippen molar-refractivity contribution < 1.29 is 4.74 Å². The standard InChI is InChI=1S/C14H27N3O/c1-7-17-13(12(18-6)10-16-17)11(2)8-9-15-14(3,4)5/h10-11,15H,7-9H2,1-6H3. The number of rotatable bonds is 6. The lowest BCUT2D eigenvalue weighted by atomic mass is 10.0. The van der Waals surface area contributed by atoms with Crippen LogP contribution in [0.5, 0.6) is 5.75 Å². The molecule has 1 N–H and O–H groups in total. The number of ether oxygens (including phenoxy) is 1. The van der Waals surface area contributed by atoms with E-state index >= 15 is 0 Å². The summed E-state index contributed by atoms with van der Waals surface area (Å²) >= 11 is 0. The third kappa shape index (κ3) is 4.02. The predicted octanol–water partition coefficient (Wildman–Crippen LogP) is 2.79. The topological polar surface area (TPSA) is 39.1 Å². The molecular weight excluding hydrogens is 226 g/mol. The zero-order chi connectivity index (χ0) is 13.8. The van der Waals surface area contributed by atoms with Gasteiger partial charge in [0.25, 0.3) is 0 Å². The van der Waals surface area contributed by atoms with Crippen LogP contribution in [0.2, 0.25) is 0 Å². The average molecular weight is 253 g/mol. The fourth-order valence-corrected chi connectivity index (χ4v) is 2.08. The van der Waals surface area contributed by atoms with Gasteiger partial charge in [-0.1, -0.05) is 6.92 Å². The molecule has 0 fully saturated rings. The Bertz CT molecular complexity index is 344. The number of nitrogens with one attached hydrogen (secondary N) is 1. The van der Waals surface area contributed by atoms with Crippen LogP contribution in [0.4, 0.5) is 0 Å². The molecule has 1 aromatic rings. The number of methoxy groups -OCH3 is 1. The van der Waals surface area contributed by atoms with Gasteiger partial charge in [0.1, 0.15) is 0 Å². The first-order valence-corrected chi connectivity index (χ1v) is 6.73. The van der Waals surface area contributed by atoms with Crippen LogP contribution in [0.25, 0.3) is 0 Å². The molecule has 1 rings (SSSR count). The second kappa shape index (κ2) is 6.23. The van der Waals surface area contributed by atoms with E-state index in [0.717, 1.165) is 25.3 Å². The maximum atomic E-state index is 5.39. The van der Waals surface area contributed by atoms with Gasteiger partial charge in [0.05, 0.1) is 19.0 Å². The van der Waals surface area contributed by atoms with Gasteiger partial charge in [-0.25, -0.2) is 0 Å². The molecule has 0 aromatic carbocycles. The quantitative estimate of drug-likeness (QED) is 0.847. The summed E-state index contributed by atoms with van der Waals surface area (Å²) in [4.78, 5) is 0. The second-order valence-electron chi connectivity index (χ2n) is 5.78. The molecule has 0 aliphatic carbocycles. The lowest BCUT2D eigenvalue weighted by Crippen LogP contribution is -2.36. The summed E-state index contributed by atoms with van der Waals surface area (Å²) in [6.45, 7) is 12.8. The first-order chi connectivity index (χ1) is 8.39. The summed E-state index contributed by atoms with van der Waals surface area (Å²) in [6, 6.07) is 0. The Morgan fingerprint density at radius 1 is 1.44 bits per heavy atom. The lowest BCUT2D eigenvalue weighted by molar-refractivity contribution is 0.389. The summed E-state index contributed by atoms with van der Waals surface area (Å²) in [5.74, 6) is 1.34. The van der Waals surface area contributed by atoms with Crippen molar-refractivity contribution in [1.29, 1.82) is 0 Å². The third-order valence-electron chi connectivity index (χ3n) is 3.06. The Balaban J connectivity index is 2.65. The summed E-state index contributed by atoms with van der Waals surface area (Å²) in [7, 11) is 1.71. The van der Waals surface area contributed by atoms with Crippen molar-refractivity contribution in [1.82, 2.24) is 15.1 Å². The van der Waals surface area contributed by atoms with E-state index in [-0.39, 0.29) is 5.54 Å². The van der Waals surface area contributed by atoms with Crippen LogP contribution in [0.3, 0.4) is 0 Å². The molecule has 0 radical (unpaired) electrons. The molecule has 104 valence electrons. The minimum Gasteiger partial charge on any atom is -0.493 e. The molecular formula is C14H27N3O. The molecule has 0 aliphatic heterocycles. The predicted molar refractivity (Wildman–Crippen MR) is 75.2 cm³/mol. The van der Waals surface area contributed by atoms with Gasteiger partial charge in [-0.15, -0.1) is 0 Å². The molecule has 4 heteroatoms. The van der Waals surface area contributed by atoms with E-state index in [9.17, 15) is 0 Å². The van der Waals surface area contributed by atoms with Crippen LogP contribution in [0, 0.1) is 0 Å². The van der Waals surface area contributed by atoms with Gasteiger partial charge >= 0.3 is 0 Å². The van der Waals surface area contributed by atoms with Crippen LogP contribution in [0.1, 0.15) is 52.7 Å². The SMILES string of the molecule is CCn1ncc(OC)c1C(C)CCNC(C)(C)C. The van der Waals surface area contributed by atoms with E-state index in [4.69, 9.17) is 4.74 Å². The summed E-state index contributed by atoms with van der Waals surface area (Å²) in [5, 5.41) is 7.87. The highest BCUT2D eigenvalue weighted by Gasteiger charge is 2.18. The van der Waals surface area contributed by atoms with Crippen LogP contribution in [-0.4, -0.2) is 29.0 Å². The number of aryl methyl sites for hydroxylation is 1. The molecule has 1 aromatic heterocycles. The van der Waals surface area contributed by atoms with Gasteiger partial charge in [-0.05, 0) is 40.7 Å². The van der Waals surface area contributed by atoms with E-state index in [2.05, 4.69) is 45.0 Å². The smallest absolute Gasteiger partial charge is 0.160 e. The minimum absolute atomic E-state index is 0.175. The highest BCUT2D eigenvalue weighted by atomic mass is 16.5. The molecule has 1 unspecified atom stereocenters. The summed E-state index contributed by atoms with van der Waals surface area (Å²) < 4.78 is 7.42. The maximum Gasteiger partial charge on any atom is 0.160 e. The molecule has 0 aliphatic rings. The fourth-order valence-electron chi connectivity index (χ4n) is 2.08. The number of hydrogen-bond donors (Lipinski definition) is 1. The monoisotopic (exact) mass is 253 g/mol. The fraction of sp³-hybridized carbons (Fsp3) is 0.786. The zero-order valence-electron chi connectivity index (χ0n) is 12.6. The molecule has 0 saturated heterocycles. The Hall–Kier alpha value is -1.03. The van der Waals surface area contributed by atoms with Gasteiger partial charge in [-0.2, -0.15) is 5.10 Å². The summed E-state index contributed by atoms with van der Waals surface area (Å²) in [6.07, 6.45) is 2.89. The Morgan fingerprint density at radius 2 is 2.11 bits per heavy atom. The third-order valence-corrected chi connectivity index (χ3v) is 3.06. The van der Waals surface area contributed by atoms with Crippen molar-refractivity contribution in [3.05, 3.63) is 11.9 Å². The Morgan fingerprint density at radius 3 is 2.61 bits per heavy atom. The highest BCUT2D eigenvalue weighted by Crippen LogP contribution is 2.28. The van der Waals surface area contributed by atoms with Crippen LogP contribution >= 0.6 is 0 Å². The molecule has 18 heavy (non-hydrogen) atoms. The van der Waals surface area contributed by atoms with Gasteiger partial charge in [0.15, 0.2) is 5.75 Å². The molecule has 0 spiro atoms. The van der Waals surface area contributed by atoms with E-state index in [1.165, 1.54) is 5.69 Å². The Labute approximate surface area is 111 Å². The zero-order valence-corrected chi connectivity index (χ0v) is 12.6. The minimum atomic E-state index is 0.175. The molecule has 1 atom stereocenters. The first-order valence-electron chi connectivity index (χ1n) is 6.73. The maximum absolute atomic E-state index is 5.39. The second-order valence-corrected chi connectivity index (χ2v) is 5.78. The normalized spacial score (nSPS) is 13.7. The highest BCUT2D eigenvalue weighted by molar-refractivity contribution is 5.28. The van der Waals surface area contributed by atoms with Crippen LogP contribution in [-0.2, 0) is 6.54 Å². The van der Waals surface area contributed by atoms with E-state index in [1.54, 1.807) is 7.11 Å². The van der Waals surface area contributed by atoms with Crippen molar-refractivity contribution in [3.8, 4) is 5.75 Å². The van der Waals surface area contributed by atoms with Gasteiger partial charge < -0.3 is 10.1 Å². The van der Waals surface area contributed by atoms with E-state index < -0.39 is 0 Å². The van der Waals surface area contributed by atoms with E-state index in [0.29, 0.717) is 5.92 Å². The molecule has 1 heterocycles. The van der Waals surface area contributed by atoms with Crippen molar-refractivity contribution in [2.24, 2.45) is 0 Å². The Kier molecular flexibility index (Phi) is 5.20. The van der Waals surface area contributed by atoms with Crippen molar-refractivity contribution in [2.45, 2.75) is 59.0 Å². The molecule has 4 nitrogen and oxygen atoms in total. The largest absolute Gasteiger partial charge is 0.493 e. The van der Waals surface area contributed by atoms with E-state index in [1.807, 2.05) is 10.9 Å². The van der Waals surface area contributed by atoms with Gasteiger partial charge in [0, 0.05) is 18.0 Å².